The molecule has 1 amide bonds. The van der Waals surface area contributed by atoms with E-state index in [9.17, 15) is 9.59 Å². The van der Waals surface area contributed by atoms with Crippen LogP contribution in [0, 0.1) is 17.8 Å². The molecule has 7 aliphatic rings. The van der Waals surface area contributed by atoms with Crippen LogP contribution in [0.5, 0.6) is 0 Å². The van der Waals surface area contributed by atoms with E-state index in [-0.39, 0.29) is 41.9 Å². The zero-order valence-corrected chi connectivity index (χ0v) is 25.3. The van der Waals surface area contributed by atoms with E-state index in [0.717, 1.165) is 71.7 Å². The highest BCUT2D eigenvalue weighted by molar-refractivity contribution is 6.20. The predicted octanol–water partition coefficient (Wildman–Crippen LogP) is 1.67. The Labute approximate surface area is 250 Å². The van der Waals surface area contributed by atoms with Crippen molar-refractivity contribution in [3.05, 3.63) is 11.8 Å². The maximum Gasteiger partial charge on any atom is 0.259 e. The molecule has 0 radical (unpaired) electrons. The van der Waals surface area contributed by atoms with Gasteiger partial charge in [-0.05, 0) is 64.1 Å². The summed E-state index contributed by atoms with van der Waals surface area (Å²) in [6.45, 7) is 8.01. The molecule has 3 saturated carbocycles. The lowest BCUT2D eigenvalue weighted by molar-refractivity contribution is -0.220. The number of nitrogens with one attached hydrogen (secondary N) is 1. The molecule has 42 heavy (non-hydrogen) atoms. The molecule has 9 nitrogen and oxygen atoms in total. The first-order valence-electron chi connectivity index (χ1n) is 16.8. The second kappa shape index (κ2) is 12.4. The summed E-state index contributed by atoms with van der Waals surface area (Å²) in [5.41, 5.74) is 0.273. The number of rotatable bonds is 6. The Hall–Kier alpha value is -1.59. The van der Waals surface area contributed by atoms with Gasteiger partial charge in [-0.25, -0.2) is 4.39 Å². The van der Waals surface area contributed by atoms with Crippen LogP contribution in [-0.4, -0.2) is 140 Å². The van der Waals surface area contributed by atoms with Gasteiger partial charge >= 0.3 is 0 Å². The summed E-state index contributed by atoms with van der Waals surface area (Å²) in [6.07, 6.45) is 8.55. The van der Waals surface area contributed by atoms with Crippen molar-refractivity contribution in [1.29, 1.82) is 0 Å². The fraction of sp³-hybridized carbons (Fsp3) is 0.875. The average molecular weight is 588 g/mol. The molecule has 234 valence electrons. The molecule has 0 aromatic rings. The Bertz CT molecular complexity index is 1030. The van der Waals surface area contributed by atoms with E-state index in [4.69, 9.17) is 9.47 Å². The van der Waals surface area contributed by atoms with Gasteiger partial charge in [-0.2, -0.15) is 0 Å². The van der Waals surface area contributed by atoms with Crippen molar-refractivity contribution in [2.24, 2.45) is 17.8 Å². The third-order valence-electron chi connectivity index (χ3n) is 11.7. The first kappa shape index (κ1) is 29.1. The van der Waals surface area contributed by atoms with Gasteiger partial charge in [-0.15, -0.1) is 0 Å². The van der Waals surface area contributed by atoms with Gasteiger partial charge in [0, 0.05) is 51.4 Å². The molecule has 3 aliphatic carbocycles. The Morgan fingerprint density at radius 1 is 1.02 bits per heavy atom. The van der Waals surface area contributed by atoms with Gasteiger partial charge in [0.15, 0.2) is 5.78 Å². The number of ether oxygens (including phenoxy) is 2. The molecule has 10 heteroatoms. The van der Waals surface area contributed by atoms with E-state index >= 15 is 4.39 Å². The molecule has 6 fully saturated rings. The number of amides is 1. The molecular weight excluding hydrogens is 537 g/mol. The Kier molecular flexibility index (Phi) is 8.62. The molecule has 3 saturated heterocycles. The standard InChI is InChI=1S/C32H50FN5O4/c1-35-11-13-37(14-12-35)32(40)24-20-38-26-8-7-21-5-2-3-6-22(21)30(26)42-31-27(25(33)19-23(28(31)38)29(24)39)34-9-4-10-36-15-17-41-18-16-36/h20-23,25-28,30-31,34H,2-19H2,1H3. The van der Waals surface area contributed by atoms with Crippen molar-refractivity contribution in [3.8, 4) is 0 Å². The van der Waals surface area contributed by atoms with Gasteiger partial charge in [0.05, 0.1) is 49.1 Å². The largest absolute Gasteiger partial charge is 0.379 e. The van der Waals surface area contributed by atoms with Gasteiger partial charge in [0.1, 0.15) is 6.17 Å². The summed E-state index contributed by atoms with van der Waals surface area (Å²) in [5, 5.41) is 3.58. The predicted molar refractivity (Wildman–Crippen MR) is 157 cm³/mol. The Morgan fingerprint density at radius 3 is 2.62 bits per heavy atom. The van der Waals surface area contributed by atoms with E-state index in [1.165, 1.54) is 25.7 Å². The van der Waals surface area contributed by atoms with Gasteiger partial charge < -0.3 is 29.5 Å². The summed E-state index contributed by atoms with van der Waals surface area (Å²) in [7, 11) is 2.06. The molecule has 9 unspecified atom stereocenters. The number of nitrogens with zero attached hydrogens (tertiary/aromatic N) is 4. The van der Waals surface area contributed by atoms with E-state index < -0.39 is 24.2 Å². The molecule has 0 aromatic carbocycles. The molecule has 4 aliphatic heterocycles. The van der Waals surface area contributed by atoms with Gasteiger partial charge in [-0.3, -0.25) is 14.5 Å². The number of carbonyl (C=O) groups is 2. The van der Waals surface area contributed by atoms with Crippen molar-refractivity contribution in [3.63, 3.8) is 0 Å². The van der Waals surface area contributed by atoms with Crippen LogP contribution in [0.25, 0.3) is 0 Å². The molecule has 7 rings (SSSR count). The molecule has 0 bridgehead atoms. The molecule has 4 heterocycles. The number of morpholine rings is 2. The van der Waals surface area contributed by atoms with Crippen molar-refractivity contribution < 1.29 is 23.5 Å². The number of likely N-dealkylation sites (N-methyl/N-ethyl adjacent to an activating group) is 1. The number of halogens is 1. The maximum atomic E-state index is 16.2. The number of alkyl halides is 1. The SMILES string of the molecule is CN1CCN(C(=O)C2=CN3C4CCC5CCCCC5C4OC4C(NCCCN5CCOCC5)C(F)CC(C2=O)C43)CC1. The van der Waals surface area contributed by atoms with E-state index in [2.05, 4.69) is 27.1 Å². The lowest BCUT2D eigenvalue weighted by Crippen LogP contribution is -2.74. The molecule has 1 N–H and O–H groups in total. The summed E-state index contributed by atoms with van der Waals surface area (Å²) in [4.78, 5) is 36.6. The second-order valence-electron chi connectivity index (χ2n) is 14.0. The quantitative estimate of drug-likeness (QED) is 0.372. The van der Waals surface area contributed by atoms with Crippen LogP contribution < -0.4 is 5.32 Å². The molecule has 9 atom stereocenters. The minimum atomic E-state index is -1.19. The lowest BCUT2D eigenvalue weighted by Gasteiger charge is -2.61. The van der Waals surface area contributed by atoms with E-state index in [1.807, 2.05) is 11.1 Å². The maximum absolute atomic E-state index is 16.2. The highest BCUT2D eigenvalue weighted by atomic mass is 19.1. The van der Waals surface area contributed by atoms with Crippen LogP contribution in [0.15, 0.2) is 11.8 Å². The van der Waals surface area contributed by atoms with Crippen LogP contribution >= 0.6 is 0 Å². The monoisotopic (exact) mass is 587 g/mol. The van der Waals surface area contributed by atoms with Crippen LogP contribution in [0.2, 0.25) is 0 Å². The second-order valence-corrected chi connectivity index (χ2v) is 14.0. The zero-order valence-electron chi connectivity index (χ0n) is 25.3. The number of ketones is 1. The van der Waals surface area contributed by atoms with Crippen LogP contribution in [0.1, 0.15) is 51.4 Å². The number of piperazine rings is 1. The highest BCUT2D eigenvalue weighted by Crippen LogP contribution is 2.50. The van der Waals surface area contributed by atoms with Gasteiger partial charge in [0.25, 0.3) is 5.91 Å². The van der Waals surface area contributed by atoms with Crippen molar-refractivity contribution >= 4 is 11.7 Å². The fourth-order valence-electron chi connectivity index (χ4n) is 9.33. The zero-order chi connectivity index (χ0) is 28.8. The first-order chi connectivity index (χ1) is 20.5. The topological polar surface area (TPSA) is 77.6 Å². The highest BCUT2D eigenvalue weighted by Gasteiger charge is 2.60. The van der Waals surface area contributed by atoms with Crippen LogP contribution in [-0.2, 0) is 19.1 Å². The fourth-order valence-corrected chi connectivity index (χ4v) is 9.33. The normalized spacial score (nSPS) is 41.0. The van der Waals surface area contributed by atoms with Crippen LogP contribution in [0.4, 0.5) is 4.39 Å². The third-order valence-corrected chi connectivity index (χ3v) is 11.7. The summed E-state index contributed by atoms with van der Waals surface area (Å²) in [6, 6.07) is -0.513. The number of hydrogen-bond acceptors (Lipinski definition) is 8. The lowest BCUT2D eigenvalue weighted by atomic mass is 9.64. The average Bonchev–Trinajstić information content (AvgIpc) is 3.02. The van der Waals surface area contributed by atoms with Crippen molar-refractivity contribution in [1.82, 2.24) is 24.9 Å². The minimum Gasteiger partial charge on any atom is -0.379 e. The molecule has 0 spiro atoms. The minimum absolute atomic E-state index is 0.0262. The first-order valence-corrected chi connectivity index (χ1v) is 16.8. The van der Waals surface area contributed by atoms with Gasteiger partial charge in [-0.1, -0.05) is 19.3 Å². The number of Topliss-reactive ketones (excluding diaryl/α,β-unsaturated/α-hetero) is 1. The number of carbonyl (C=O) groups excluding carboxylic acids is 2. The smallest absolute Gasteiger partial charge is 0.259 e. The number of hydrogen-bond donors (Lipinski definition) is 1. The summed E-state index contributed by atoms with van der Waals surface area (Å²) in [5.74, 6) is 0.252. The molecule has 0 aromatic heterocycles. The van der Waals surface area contributed by atoms with Crippen LogP contribution in [0.3, 0.4) is 0 Å². The summed E-state index contributed by atoms with van der Waals surface area (Å²) < 4.78 is 28.7. The third kappa shape index (κ3) is 5.44. The molecular formula is C32H50FN5O4. The van der Waals surface area contributed by atoms with Crippen molar-refractivity contribution in [2.75, 3.05) is 72.6 Å². The van der Waals surface area contributed by atoms with E-state index in [1.54, 1.807) is 0 Å². The van der Waals surface area contributed by atoms with Crippen molar-refractivity contribution in [2.45, 2.75) is 87.9 Å². The van der Waals surface area contributed by atoms with E-state index in [0.29, 0.717) is 24.9 Å². The van der Waals surface area contributed by atoms with Gasteiger partial charge in [0.2, 0.25) is 0 Å². The number of fused-ring (bicyclic) bond motifs is 4. The Balaban J connectivity index is 1.14. The summed E-state index contributed by atoms with van der Waals surface area (Å²) >= 11 is 0. The Morgan fingerprint density at radius 2 is 1.81 bits per heavy atom.